The van der Waals surface area contributed by atoms with Crippen LogP contribution in [0, 0.1) is 0 Å². The standard InChI is InChI=1S/C14H19ClN2OS/c1-2-3-11(16)14(18)17-12-6-7-19-13-5-4-9(15)8-10(12)13/h4-5,8,11-12H,2-3,6-7,16H2,1H3,(H,17,18)/t11-,12?/m1/s1. The highest BCUT2D eigenvalue weighted by atomic mass is 35.5. The number of carbonyl (C=O) groups is 1. The van der Waals surface area contributed by atoms with Crippen molar-refractivity contribution in [3.63, 3.8) is 0 Å². The molecular formula is C14H19ClN2OS. The summed E-state index contributed by atoms with van der Waals surface area (Å²) >= 11 is 7.85. The molecule has 19 heavy (non-hydrogen) atoms. The van der Waals surface area contributed by atoms with E-state index in [0.29, 0.717) is 5.02 Å². The first-order valence-corrected chi connectivity index (χ1v) is 7.96. The quantitative estimate of drug-likeness (QED) is 0.898. The predicted octanol–water partition coefficient (Wildman–Crippen LogP) is 3.12. The van der Waals surface area contributed by atoms with Crippen LogP contribution >= 0.6 is 23.4 Å². The molecule has 1 aliphatic heterocycles. The second kappa shape index (κ2) is 6.64. The van der Waals surface area contributed by atoms with Crippen molar-refractivity contribution in [1.29, 1.82) is 0 Å². The average Bonchev–Trinajstić information content (AvgIpc) is 2.39. The molecular weight excluding hydrogens is 280 g/mol. The minimum absolute atomic E-state index is 0.0327. The van der Waals surface area contributed by atoms with Gasteiger partial charge in [-0.05, 0) is 36.6 Å². The predicted molar refractivity (Wildman–Crippen MR) is 80.6 cm³/mol. The molecule has 1 heterocycles. The first-order chi connectivity index (χ1) is 9.11. The van der Waals surface area contributed by atoms with Crippen molar-refractivity contribution in [2.45, 2.75) is 43.2 Å². The fourth-order valence-corrected chi connectivity index (χ4v) is 3.52. The Morgan fingerprint density at radius 3 is 3.16 bits per heavy atom. The maximum Gasteiger partial charge on any atom is 0.237 e. The summed E-state index contributed by atoms with van der Waals surface area (Å²) in [5.74, 6) is 0.937. The van der Waals surface area contributed by atoms with Crippen molar-refractivity contribution < 1.29 is 4.79 Å². The van der Waals surface area contributed by atoms with Crippen LogP contribution in [-0.4, -0.2) is 17.7 Å². The third-order valence-corrected chi connectivity index (χ3v) is 4.62. The molecule has 3 nitrogen and oxygen atoms in total. The second-order valence-electron chi connectivity index (χ2n) is 4.78. The Kier molecular flexibility index (Phi) is 5.13. The molecule has 0 bridgehead atoms. The fourth-order valence-electron chi connectivity index (χ4n) is 2.24. The topological polar surface area (TPSA) is 55.1 Å². The first kappa shape index (κ1) is 14.7. The molecule has 1 aromatic carbocycles. The molecule has 3 N–H and O–H groups in total. The van der Waals surface area contributed by atoms with E-state index in [-0.39, 0.29) is 11.9 Å². The normalized spacial score (nSPS) is 19.6. The molecule has 1 unspecified atom stereocenters. The van der Waals surface area contributed by atoms with Crippen molar-refractivity contribution in [2.24, 2.45) is 5.73 Å². The van der Waals surface area contributed by atoms with Gasteiger partial charge in [0.2, 0.25) is 5.91 Å². The summed E-state index contributed by atoms with van der Waals surface area (Å²) in [4.78, 5) is 13.2. The SMILES string of the molecule is CCC[C@@H](N)C(=O)NC1CCSc2ccc(Cl)cc21. The first-order valence-electron chi connectivity index (χ1n) is 6.60. The van der Waals surface area contributed by atoms with Crippen LogP contribution in [0.4, 0.5) is 0 Å². The number of halogens is 1. The highest BCUT2D eigenvalue weighted by molar-refractivity contribution is 7.99. The third kappa shape index (κ3) is 3.65. The van der Waals surface area contributed by atoms with Gasteiger partial charge in [-0.25, -0.2) is 0 Å². The average molecular weight is 299 g/mol. The molecule has 0 radical (unpaired) electrons. The molecule has 1 aliphatic rings. The summed E-state index contributed by atoms with van der Waals surface area (Å²) in [7, 11) is 0. The molecule has 0 aromatic heterocycles. The van der Waals surface area contributed by atoms with Gasteiger partial charge >= 0.3 is 0 Å². The van der Waals surface area contributed by atoms with E-state index >= 15 is 0 Å². The van der Waals surface area contributed by atoms with Crippen molar-refractivity contribution in [3.05, 3.63) is 28.8 Å². The van der Waals surface area contributed by atoms with Gasteiger partial charge in [0.25, 0.3) is 0 Å². The summed E-state index contributed by atoms with van der Waals surface area (Å²) in [6, 6.07) is 5.47. The zero-order chi connectivity index (χ0) is 13.8. The van der Waals surface area contributed by atoms with E-state index in [2.05, 4.69) is 5.32 Å². The highest BCUT2D eigenvalue weighted by Crippen LogP contribution is 2.37. The van der Waals surface area contributed by atoms with Gasteiger partial charge in [-0.3, -0.25) is 4.79 Å². The summed E-state index contributed by atoms with van der Waals surface area (Å²) in [5.41, 5.74) is 6.96. The summed E-state index contributed by atoms with van der Waals surface area (Å²) < 4.78 is 0. The van der Waals surface area contributed by atoms with Crippen molar-refractivity contribution in [3.8, 4) is 0 Å². The fraction of sp³-hybridized carbons (Fsp3) is 0.500. The van der Waals surface area contributed by atoms with Gasteiger partial charge in [-0.15, -0.1) is 11.8 Å². The van der Waals surface area contributed by atoms with Gasteiger partial charge in [0, 0.05) is 15.7 Å². The van der Waals surface area contributed by atoms with Crippen LogP contribution in [-0.2, 0) is 4.79 Å². The number of rotatable bonds is 4. The molecule has 0 spiro atoms. The van der Waals surface area contributed by atoms with Crippen LogP contribution in [0.25, 0.3) is 0 Å². The minimum Gasteiger partial charge on any atom is -0.348 e. The largest absolute Gasteiger partial charge is 0.348 e. The van der Waals surface area contributed by atoms with Gasteiger partial charge < -0.3 is 11.1 Å². The Morgan fingerprint density at radius 1 is 1.63 bits per heavy atom. The number of amides is 1. The number of fused-ring (bicyclic) bond motifs is 1. The van der Waals surface area contributed by atoms with Crippen molar-refractivity contribution in [1.82, 2.24) is 5.32 Å². The minimum atomic E-state index is -0.415. The zero-order valence-corrected chi connectivity index (χ0v) is 12.6. The van der Waals surface area contributed by atoms with Gasteiger partial charge in [0.1, 0.15) is 0 Å². The Labute approximate surface area is 123 Å². The van der Waals surface area contributed by atoms with Crippen LogP contribution in [0.3, 0.4) is 0 Å². The Morgan fingerprint density at radius 2 is 2.42 bits per heavy atom. The Balaban J connectivity index is 2.11. The molecule has 0 saturated carbocycles. The monoisotopic (exact) mass is 298 g/mol. The number of hydrogen-bond acceptors (Lipinski definition) is 3. The van der Waals surface area contributed by atoms with Crippen LogP contribution in [0.2, 0.25) is 5.02 Å². The molecule has 0 aliphatic carbocycles. The number of nitrogens with one attached hydrogen (secondary N) is 1. The summed E-state index contributed by atoms with van der Waals surface area (Å²) in [5, 5.41) is 3.76. The smallest absolute Gasteiger partial charge is 0.237 e. The molecule has 1 amide bonds. The molecule has 0 fully saturated rings. The molecule has 1 aromatic rings. The van der Waals surface area contributed by atoms with E-state index in [0.717, 1.165) is 30.6 Å². The summed E-state index contributed by atoms with van der Waals surface area (Å²) in [6.07, 6.45) is 2.55. The number of benzene rings is 1. The van der Waals surface area contributed by atoms with Crippen LogP contribution < -0.4 is 11.1 Å². The van der Waals surface area contributed by atoms with Crippen molar-refractivity contribution in [2.75, 3.05) is 5.75 Å². The molecule has 104 valence electrons. The lowest BCUT2D eigenvalue weighted by Crippen LogP contribution is -2.42. The van der Waals surface area contributed by atoms with E-state index in [1.807, 2.05) is 25.1 Å². The molecule has 5 heteroatoms. The van der Waals surface area contributed by atoms with Gasteiger partial charge in [0.15, 0.2) is 0 Å². The lowest BCUT2D eigenvalue weighted by Gasteiger charge is -2.27. The van der Waals surface area contributed by atoms with Gasteiger partial charge in [0.05, 0.1) is 12.1 Å². The molecule has 2 atom stereocenters. The van der Waals surface area contributed by atoms with Crippen molar-refractivity contribution >= 4 is 29.3 Å². The molecule has 2 rings (SSSR count). The number of carbonyl (C=O) groups excluding carboxylic acids is 1. The van der Waals surface area contributed by atoms with E-state index in [9.17, 15) is 4.79 Å². The van der Waals surface area contributed by atoms with Crippen LogP contribution in [0.15, 0.2) is 23.1 Å². The van der Waals surface area contributed by atoms with E-state index in [1.54, 1.807) is 11.8 Å². The molecule has 0 saturated heterocycles. The second-order valence-corrected chi connectivity index (χ2v) is 6.35. The zero-order valence-electron chi connectivity index (χ0n) is 11.0. The lowest BCUT2D eigenvalue weighted by molar-refractivity contribution is -0.123. The summed E-state index contributed by atoms with van der Waals surface area (Å²) in [6.45, 7) is 2.03. The maximum absolute atomic E-state index is 12.0. The van der Waals surface area contributed by atoms with E-state index in [1.165, 1.54) is 4.90 Å². The third-order valence-electron chi connectivity index (χ3n) is 3.26. The number of nitrogens with two attached hydrogens (primary N) is 1. The number of hydrogen-bond donors (Lipinski definition) is 2. The van der Waals surface area contributed by atoms with Gasteiger partial charge in [-0.1, -0.05) is 24.9 Å². The highest BCUT2D eigenvalue weighted by Gasteiger charge is 2.24. The number of thioether (sulfide) groups is 1. The lowest BCUT2D eigenvalue weighted by atomic mass is 10.0. The van der Waals surface area contributed by atoms with Crippen LogP contribution in [0.1, 0.15) is 37.8 Å². The van der Waals surface area contributed by atoms with Gasteiger partial charge in [-0.2, -0.15) is 0 Å². The maximum atomic E-state index is 12.0. The Hall–Kier alpha value is -0.710. The van der Waals surface area contributed by atoms with Crippen LogP contribution in [0.5, 0.6) is 0 Å². The van der Waals surface area contributed by atoms with E-state index in [4.69, 9.17) is 17.3 Å². The Bertz CT molecular complexity index is 467. The van der Waals surface area contributed by atoms with E-state index < -0.39 is 6.04 Å².